The molecular weight excluding hydrogens is 388 g/mol. The summed E-state index contributed by atoms with van der Waals surface area (Å²) in [6.45, 7) is 2.82. The molecule has 0 fully saturated rings. The molecule has 0 saturated heterocycles. The van der Waals surface area contributed by atoms with Gasteiger partial charge in [-0.05, 0) is 53.2 Å². The summed E-state index contributed by atoms with van der Waals surface area (Å²) in [4.78, 5) is 18.0. The molecule has 0 aliphatic rings. The first kappa shape index (κ1) is 19.1. The van der Waals surface area contributed by atoms with Crippen LogP contribution < -0.4 is 10.3 Å². The molecule has 0 amide bonds. The number of hydrogen-bond acceptors (Lipinski definition) is 7. The van der Waals surface area contributed by atoms with Crippen LogP contribution in [0.15, 0.2) is 58.5 Å². The van der Waals surface area contributed by atoms with E-state index in [0.29, 0.717) is 21.8 Å². The Labute approximate surface area is 171 Å². The van der Waals surface area contributed by atoms with Gasteiger partial charge >= 0.3 is 0 Å². The van der Waals surface area contributed by atoms with E-state index in [-0.39, 0.29) is 5.56 Å². The zero-order valence-corrected chi connectivity index (χ0v) is 17.0. The van der Waals surface area contributed by atoms with Gasteiger partial charge in [0, 0.05) is 6.54 Å². The van der Waals surface area contributed by atoms with Crippen molar-refractivity contribution in [1.29, 1.82) is 0 Å². The first-order chi connectivity index (χ1) is 14.2. The molecule has 0 N–H and O–H groups in total. The van der Waals surface area contributed by atoms with Crippen LogP contribution in [-0.2, 0) is 12.3 Å². The number of tetrazole rings is 1. The van der Waals surface area contributed by atoms with E-state index in [0.717, 1.165) is 30.2 Å². The molecular formula is C20H20N6O2S. The molecule has 2 heterocycles. The molecule has 4 rings (SSSR count). The smallest absolute Gasteiger partial charge is 0.266 e. The number of aromatic nitrogens is 6. The minimum atomic E-state index is -0.114. The second-order valence-corrected chi connectivity index (χ2v) is 7.30. The van der Waals surface area contributed by atoms with Crippen molar-refractivity contribution in [2.45, 2.75) is 30.8 Å². The van der Waals surface area contributed by atoms with Gasteiger partial charge in [-0.2, -0.15) is 0 Å². The van der Waals surface area contributed by atoms with Crippen molar-refractivity contribution in [1.82, 2.24) is 29.8 Å². The largest absolute Gasteiger partial charge is 0.497 e. The van der Waals surface area contributed by atoms with Crippen LogP contribution in [0, 0.1) is 0 Å². The van der Waals surface area contributed by atoms with Crippen molar-refractivity contribution in [2.75, 3.05) is 7.11 Å². The van der Waals surface area contributed by atoms with Gasteiger partial charge in [0.15, 0.2) is 11.0 Å². The fourth-order valence-corrected chi connectivity index (χ4v) is 3.95. The SMILES string of the molecule is CCCn1nnnc1CSc1nc2ccccc2c(=O)n1-c1ccc(OC)cc1. The highest BCUT2D eigenvalue weighted by atomic mass is 32.2. The number of rotatable bonds is 7. The molecule has 2 aromatic heterocycles. The van der Waals surface area contributed by atoms with Crippen LogP contribution in [-0.4, -0.2) is 36.9 Å². The maximum absolute atomic E-state index is 13.3. The van der Waals surface area contributed by atoms with Gasteiger partial charge in [0.2, 0.25) is 0 Å². The molecule has 0 unspecified atom stereocenters. The monoisotopic (exact) mass is 408 g/mol. The molecule has 0 radical (unpaired) electrons. The molecule has 0 atom stereocenters. The Bertz CT molecular complexity index is 1190. The Morgan fingerprint density at radius 1 is 1.10 bits per heavy atom. The van der Waals surface area contributed by atoms with E-state index in [1.165, 1.54) is 11.8 Å². The van der Waals surface area contributed by atoms with Gasteiger partial charge in [-0.25, -0.2) is 9.67 Å². The van der Waals surface area contributed by atoms with E-state index in [2.05, 4.69) is 22.4 Å². The van der Waals surface area contributed by atoms with Gasteiger partial charge in [0.05, 0.1) is 29.5 Å². The lowest BCUT2D eigenvalue weighted by atomic mass is 10.2. The molecule has 0 spiro atoms. The molecule has 0 aliphatic heterocycles. The fraction of sp³-hybridized carbons (Fsp3) is 0.250. The Morgan fingerprint density at radius 3 is 2.66 bits per heavy atom. The van der Waals surface area contributed by atoms with Crippen molar-refractivity contribution in [3.8, 4) is 11.4 Å². The van der Waals surface area contributed by atoms with Crippen molar-refractivity contribution in [3.63, 3.8) is 0 Å². The van der Waals surface area contributed by atoms with Gasteiger partial charge in [0.1, 0.15) is 5.75 Å². The number of ether oxygens (including phenoxy) is 1. The summed E-state index contributed by atoms with van der Waals surface area (Å²) < 4.78 is 8.64. The third-order valence-electron chi connectivity index (χ3n) is 4.45. The van der Waals surface area contributed by atoms with Gasteiger partial charge in [-0.1, -0.05) is 30.8 Å². The number of benzene rings is 2. The van der Waals surface area contributed by atoms with Crippen molar-refractivity contribution in [3.05, 3.63) is 64.7 Å². The summed E-state index contributed by atoms with van der Waals surface area (Å²) in [7, 11) is 1.61. The number of hydrogen-bond donors (Lipinski definition) is 0. The minimum absolute atomic E-state index is 0.114. The molecule has 4 aromatic rings. The maximum atomic E-state index is 13.3. The Balaban J connectivity index is 1.78. The molecule has 0 saturated carbocycles. The average molecular weight is 408 g/mol. The van der Waals surface area contributed by atoms with Crippen LogP contribution in [0.4, 0.5) is 0 Å². The lowest BCUT2D eigenvalue weighted by Gasteiger charge is -2.13. The zero-order chi connectivity index (χ0) is 20.2. The van der Waals surface area contributed by atoms with E-state index in [1.807, 2.05) is 42.5 Å². The Kier molecular flexibility index (Phi) is 5.57. The normalized spacial score (nSPS) is 11.1. The van der Waals surface area contributed by atoms with Crippen molar-refractivity contribution in [2.24, 2.45) is 0 Å². The molecule has 0 aliphatic carbocycles. The molecule has 9 heteroatoms. The number of methoxy groups -OCH3 is 1. The summed E-state index contributed by atoms with van der Waals surface area (Å²) in [6.07, 6.45) is 0.938. The second-order valence-electron chi connectivity index (χ2n) is 6.36. The predicted molar refractivity (Wildman–Crippen MR) is 112 cm³/mol. The predicted octanol–water partition coefficient (Wildman–Crippen LogP) is 3.08. The summed E-state index contributed by atoms with van der Waals surface area (Å²) in [6, 6.07) is 14.7. The van der Waals surface area contributed by atoms with Crippen LogP contribution in [0.25, 0.3) is 16.6 Å². The van der Waals surface area contributed by atoms with E-state index < -0.39 is 0 Å². The summed E-state index contributed by atoms with van der Waals surface area (Å²) in [5.41, 5.74) is 1.28. The van der Waals surface area contributed by atoms with E-state index in [9.17, 15) is 4.79 Å². The van der Waals surface area contributed by atoms with E-state index >= 15 is 0 Å². The standard InChI is InChI=1S/C20H20N6O2S/c1-3-12-25-18(22-23-24-25)13-29-20-21-17-7-5-4-6-16(17)19(27)26(20)14-8-10-15(28-2)11-9-14/h4-11H,3,12-13H2,1-2H3. The topological polar surface area (TPSA) is 87.7 Å². The average Bonchev–Trinajstić information content (AvgIpc) is 3.20. The number of para-hydroxylation sites is 1. The molecule has 2 aromatic carbocycles. The summed E-state index contributed by atoms with van der Waals surface area (Å²) in [5.74, 6) is 1.98. The van der Waals surface area contributed by atoms with Crippen molar-refractivity contribution < 1.29 is 4.74 Å². The van der Waals surface area contributed by atoms with Crippen LogP contribution >= 0.6 is 11.8 Å². The second kappa shape index (κ2) is 8.44. The summed E-state index contributed by atoms with van der Waals surface area (Å²) in [5, 5.41) is 13.1. The number of aryl methyl sites for hydroxylation is 1. The van der Waals surface area contributed by atoms with Gasteiger partial charge in [-0.15, -0.1) is 5.10 Å². The number of nitrogens with zero attached hydrogens (tertiary/aromatic N) is 6. The maximum Gasteiger partial charge on any atom is 0.266 e. The van der Waals surface area contributed by atoms with Crippen LogP contribution in [0.3, 0.4) is 0 Å². The van der Waals surface area contributed by atoms with Crippen molar-refractivity contribution >= 4 is 22.7 Å². The molecule has 29 heavy (non-hydrogen) atoms. The molecule has 8 nitrogen and oxygen atoms in total. The van der Waals surface area contributed by atoms with Gasteiger partial charge < -0.3 is 4.74 Å². The third kappa shape index (κ3) is 3.86. The Morgan fingerprint density at radius 2 is 1.90 bits per heavy atom. The summed E-state index contributed by atoms with van der Waals surface area (Å²) >= 11 is 1.44. The Hall–Kier alpha value is -3.20. The minimum Gasteiger partial charge on any atom is -0.497 e. The lowest BCUT2D eigenvalue weighted by Crippen LogP contribution is -2.21. The molecule has 0 bridgehead atoms. The quantitative estimate of drug-likeness (QED) is 0.343. The molecule has 148 valence electrons. The van der Waals surface area contributed by atoms with Crippen LogP contribution in [0.2, 0.25) is 0 Å². The highest BCUT2D eigenvalue weighted by Crippen LogP contribution is 2.25. The first-order valence-electron chi connectivity index (χ1n) is 9.25. The van der Waals surface area contributed by atoms with Gasteiger partial charge in [-0.3, -0.25) is 9.36 Å². The zero-order valence-electron chi connectivity index (χ0n) is 16.1. The number of thioether (sulfide) groups is 1. The van der Waals surface area contributed by atoms with Crippen LogP contribution in [0.5, 0.6) is 5.75 Å². The van der Waals surface area contributed by atoms with E-state index in [4.69, 9.17) is 9.72 Å². The third-order valence-corrected chi connectivity index (χ3v) is 5.38. The number of fused-ring (bicyclic) bond motifs is 1. The van der Waals surface area contributed by atoms with Gasteiger partial charge in [0.25, 0.3) is 5.56 Å². The van der Waals surface area contributed by atoms with E-state index in [1.54, 1.807) is 22.4 Å². The highest BCUT2D eigenvalue weighted by molar-refractivity contribution is 7.98. The van der Waals surface area contributed by atoms with Crippen LogP contribution in [0.1, 0.15) is 19.2 Å². The highest BCUT2D eigenvalue weighted by Gasteiger charge is 2.15. The lowest BCUT2D eigenvalue weighted by molar-refractivity contribution is 0.414. The fourth-order valence-electron chi connectivity index (χ4n) is 3.01. The first-order valence-corrected chi connectivity index (χ1v) is 10.2.